The molecule has 218 valence electrons. The molecule has 0 aromatic carbocycles. The molecular formula is C35H54O4. The summed E-state index contributed by atoms with van der Waals surface area (Å²) in [6.07, 6.45) is 11.0. The molecule has 4 nitrogen and oxygen atoms in total. The summed E-state index contributed by atoms with van der Waals surface area (Å²) in [7, 11) is 0. The Morgan fingerprint density at radius 3 is 2.26 bits per heavy atom. The van der Waals surface area contributed by atoms with E-state index < -0.39 is 5.41 Å². The molecule has 4 fully saturated rings. The van der Waals surface area contributed by atoms with Gasteiger partial charge in [-0.1, -0.05) is 67.9 Å². The Kier molecular flexibility index (Phi) is 6.91. The molecule has 0 bridgehead atoms. The van der Waals surface area contributed by atoms with Crippen molar-refractivity contribution >= 4 is 18.0 Å². The molecule has 8 atom stereocenters. The van der Waals surface area contributed by atoms with Crippen molar-refractivity contribution in [2.24, 2.45) is 56.7 Å². The first-order chi connectivity index (χ1) is 18.0. The lowest BCUT2D eigenvalue weighted by Crippen LogP contribution is -2.62. The van der Waals surface area contributed by atoms with Crippen molar-refractivity contribution in [3.63, 3.8) is 0 Å². The lowest BCUT2D eigenvalue weighted by atomic mass is 9.36. The van der Waals surface area contributed by atoms with Crippen LogP contribution in [0.15, 0.2) is 11.1 Å². The third-order valence-corrected chi connectivity index (χ3v) is 13.1. The van der Waals surface area contributed by atoms with Crippen molar-refractivity contribution in [3.05, 3.63) is 11.1 Å². The molecule has 4 heteroatoms. The molecule has 5 aliphatic carbocycles. The number of hydrogen-bond acceptors (Lipinski definition) is 4. The molecule has 5 aliphatic rings. The molecule has 0 amide bonds. The maximum atomic E-state index is 13.2. The van der Waals surface area contributed by atoms with Crippen LogP contribution in [0.4, 0.5) is 0 Å². The summed E-state index contributed by atoms with van der Waals surface area (Å²) >= 11 is 0. The number of carbonyl (C=O) groups is 3. The molecule has 0 aliphatic heterocycles. The average Bonchev–Trinajstić information content (AvgIpc) is 3.10. The Bertz CT molecular complexity index is 1080. The van der Waals surface area contributed by atoms with E-state index >= 15 is 0 Å². The van der Waals surface area contributed by atoms with Crippen LogP contribution in [0.2, 0.25) is 0 Å². The predicted octanol–water partition coefficient (Wildman–Crippen LogP) is 8.12. The number of ether oxygens (including phenoxy) is 1. The van der Waals surface area contributed by atoms with Crippen LogP contribution in [0.3, 0.4) is 0 Å². The van der Waals surface area contributed by atoms with E-state index in [1.54, 1.807) is 19.4 Å². The third-order valence-electron chi connectivity index (χ3n) is 13.1. The Labute approximate surface area is 237 Å². The highest BCUT2D eigenvalue weighted by Crippen LogP contribution is 2.72. The number of esters is 1. The minimum absolute atomic E-state index is 0.0878. The Hall–Kier alpha value is -1.45. The van der Waals surface area contributed by atoms with Crippen molar-refractivity contribution in [1.82, 2.24) is 0 Å². The number of aldehydes is 1. The third kappa shape index (κ3) is 4.32. The standard InChI is InChI=1S/C35H54O4/c1-21(2)29-24(37)18-33(7)15-12-23-22(30(29)33)10-11-26-34(23,8)16-13-25-32(5,6)27(14-17-35(25,26)9)39-28(38)19-31(3,4)20-36/h20-23,25-27H,10-19H2,1-9H3/t22?,23?,25?,26?,27-,33-,34?,35?/m0/s1. The van der Waals surface area contributed by atoms with Crippen molar-refractivity contribution in [1.29, 1.82) is 0 Å². The monoisotopic (exact) mass is 538 g/mol. The Balaban J connectivity index is 1.41. The van der Waals surface area contributed by atoms with Gasteiger partial charge in [-0.2, -0.15) is 0 Å². The van der Waals surface area contributed by atoms with Crippen LogP contribution in [0.1, 0.15) is 127 Å². The van der Waals surface area contributed by atoms with Gasteiger partial charge in [0.05, 0.1) is 6.42 Å². The van der Waals surface area contributed by atoms with Gasteiger partial charge in [0, 0.05) is 17.3 Å². The van der Waals surface area contributed by atoms with Crippen LogP contribution in [-0.2, 0) is 19.1 Å². The van der Waals surface area contributed by atoms with E-state index in [0.29, 0.717) is 40.8 Å². The van der Waals surface area contributed by atoms with Gasteiger partial charge >= 0.3 is 5.97 Å². The predicted molar refractivity (Wildman–Crippen MR) is 155 cm³/mol. The summed E-state index contributed by atoms with van der Waals surface area (Å²) in [6, 6.07) is 0. The van der Waals surface area contributed by atoms with Crippen LogP contribution in [0.5, 0.6) is 0 Å². The van der Waals surface area contributed by atoms with Crippen molar-refractivity contribution in [2.45, 2.75) is 133 Å². The largest absolute Gasteiger partial charge is 0.462 e. The number of carbonyl (C=O) groups excluding carboxylic acids is 3. The van der Waals surface area contributed by atoms with Gasteiger partial charge in [-0.3, -0.25) is 9.59 Å². The fraction of sp³-hybridized carbons (Fsp3) is 0.857. The minimum atomic E-state index is -0.680. The molecule has 0 radical (unpaired) electrons. The second-order valence-corrected chi connectivity index (χ2v) is 16.7. The van der Waals surface area contributed by atoms with E-state index in [1.165, 1.54) is 37.7 Å². The van der Waals surface area contributed by atoms with Gasteiger partial charge in [0.2, 0.25) is 0 Å². The highest BCUT2D eigenvalue weighted by atomic mass is 16.5. The number of Topliss-reactive ketones (excluding diaryl/α,β-unsaturated/α-hetero) is 1. The molecule has 0 saturated heterocycles. The van der Waals surface area contributed by atoms with Crippen molar-refractivity contribution in [3.8, 4) is 0 Å². The fourth-order valence-electron chi connectivity index (χ4n) is 11.4. The molecule has 0 heterocycles. The van der Waals surface area contributed by atoms with Crippen LogP contribution < -0.4 is 0 Å². The summed E-state index contributed by atoms with van der Waals surface area (Å²) in [4.78, 5) is 37.5. The first-order valence-corrected chi connectivity index (χ1v) is 15.9. The van der Waals surface area contributed by atoms with E-state index in [0.717, 1.165) is 32.0 Å². The van der Waals surface area contributed by atoms with Gasteiger partial charge in [0.15, 0.2) is 5.78 Å². The average molecular weight is 539 g/mol. The lowest BCUT2D eigenvalue weighted by molar-refractivity contribution is -0.213. The lowest BCUT2D eigenvalue weighted by Gasteiger charge is -2.68. The summed E-state index contributed by atoms with van der Waals surface area (Å²) in [5.74, 6) is 2.93. The summed E-state index contributed by atoms with van der Waals surface area (Å²) in [5, 5.41) is 0. The first-order valence-electron chi connectivity index (χ1n) is 15.9. The number of rotatable bonds is 5. The molecule has 0 aromatic heterocycles. The zero-order valence-electron chi connectivity index (χ0n) is 26.2. The van der Waals surface area contributed by atoms with Gasteiger partial charge in [-0.05, 0) is 103 Å². The van der Waals surface area contributed by atoms with Gasteiger partial charge in [-0.15, -0.1) is 0 Å². The number of hydrogen-bond donors (Lipinski definition) is 0. The van der Waals surface area contributed by atoms with E-state index in [9.17, 15) is 14.4 Å². The van der Waals surface area contributed by atoms with E-state index in [-0.39, 0.29) is 34.7 Å². The number of fused-ring (bicyclic) bond motifs is 7. The molecule has 0 N–H and O–H groups in total. The smallest absolute Gasteiger partial charge is 0.307 e. The number of allylic oxidation sites excluding steroid dienone is 2. The normalized spacial score (nSPS) is 43.3. The van der Waals surface area contributed by atoms with Gasteiger partial charge in [0.25, 0.3) is 0 Å². The van der Waals surface area contributed by atoms with Gasteiger partial charge < -0.3 is 9.53 Å². The number of ketones is 1. The maximum Gasteiger partial charge on any atom is 0.307 e. The summed E-state index contributed by atoms with van der Waals surface area (Å²) < 4.78 is 6.15. The topological polar surface area (TPSA) is 60.4 Å². The van der Waals surface area contributed by atoms with E-state index in [1.807, 2.05) is 0 Å². The van der Waals surface area contributed by atoms with E-state index in [4.69, 9.17) is 4.74 Å². The highest BCUT2D eigenvalue weighted by molar-refractivity contribution is 6.00. The molecule has 39 heavy (non-hydrogen) atoms. The van der Waals surface area contributed by atoms with E-state index in [2.05, 4.69) is 48.5 Å². The quantitative estimate of drug-likeness (QED) is 0.262. The Morgan fingerprint density at radius 2 is 1.62 bits per heavy atom. The minimum Gasteiger partial charge on any atom is -0.462 e. The van der Waals surface area contributed by atoms with Gasteiger partial charge in [-0.25, -0.2) is 0 Å². The molecule has 5 rings (SSSR count). The molecule has 0 spiro atoms. The Morgan fingerprint density at radius 1 is 0.949 bits per heavy atom. The SMILES string of the molecule is CC(C)C1=C2C3CCC4C(C)(CCC5C4(C)CC[C@H](OC(=O)CC(C)(C)C=O)C5(C)C)C3CC[C@@]2(C)CC1=O. The zero-order valence-corrected chi connectivity index (χ0v) is 26.2. The second kappa shape index (κ2) is 9.28. The molecule has 0 aromatic rings. The van der Waals surface area contributed by atoms with Crippen molar-refractivity contribution < 1.29 is 19.1 Å². The molecule has 6 unspecified atom stereocenters. The first kappa shape index (κ1) is 29.1. The summed E-state index contributed by atoms with van der Waals surface area (Å²) in [6.45, 7) is 20.3. The molecular weight excluding hydrogens is 484 g/mol. The van der Waals surface area contributed by atoms with Crippen LogP contribution in [0, 0.1) is 56.7 Å². The molecule has 4 saturated carbocycles. The van der Waals surface area contributed by atoms with Crippen molar-refractivity contribution in [2.75, 3.05) is 0 Å². The zero-order chi connectivity index (χ0) is 28.8. The highest BCUT2D eigenvalue weighted by Gasteiger charge is 2.66. The van der Waals surface area contributed by atoms with Crippen LogP contribution in [0.25, 0.3) is 0 Å². The van der Waals surface area contributed by atoms with Crippen LogP contribution in [-0.4, -0.2) is 24.1 Å². The summed E-state index contributed by atoms with van der Waals surface area (Å²) in [5.41, 5.74) is 2.60. The maximum absolute atomic E-state index is 13.2. The van der Waals surface area contributed by atoms with Crippen LogP contribution >= 0.6 is 0 Å². The van der Waals surface area contributed by atoms with Gasteiger partial charge in [0.1, 0.15) is 12.4 Å². The second-order valence-electron chi connectivity index (χ2n) is 16.7. The fourth-order valence-corrected chi connectivity index (χ4v) is 11.4.